The number of benzene rings is 1. The Morgan fingerprint density at radius 1 is 1.48 bits per heavy atom. The number of anilines is 1. The van der Waals surface area contributed by atoms with Crippen LogP contribution in [0.2, 0.25) is 0 Å². The average molecular weight is 289 g/mol. The van der Waals surface area contributed by atoms with Gasteiger partial charge in [0.05, 0.1) is 5.52 Å². The summed E-state index contributed by atoms with van der Waals surface area (Å²) in [7, 11) is 0. The van der Waals surface area contributed by atoms with Crippen LogP contribution in [0.15, 0.2) is 27.4 Å². The number of hydrogen-bond donors (Lipinski definition) is 2. The fourth-order valence-corrected chi connectivity index (χ4v) is 2.94. The lowest BCUT2D eigenvalue weighted by atomic mass is 10.1. The monoisotopic (exact) mass is 289 g/mol. The van der Waals surface area contributed by atoms with Crippen LogP contribution >= 0.6 is 0 Å². The van der Waals surface area contributed by atoms with Gasteiger partial charge in [0.15, 0.2) is 5.58 Å². The molecular formula is C15H19N3O3. The standard InChI is InChI=1S/C15H19N3O3/c1-2-18-12-6-5-11(8-13(12)21-15(18)20)17-14(19)9-3-4-10(16)7-9/h5-6,8-10H,2-4,7,16H2,1H3,(H,17,19)/t9-,10+/m1/s1. The van der Waals surface area contributed by atoms with Crippen molar-refractivity contribution in [1.29, 1.82) is 0 Å². The quantitative estimate of drug-likeness (QED) is 0.899. The van der Waals surface area contributed by atoms with Crippen LogP contribution in [-0.2, 0) is 11.3 Å². The van der Waals surface area contributed by atoms with E-state index >= 15 is 0 Å². The first-order valence-electron chi connectivity index (χ1n) is 7.28. The Kier molecular flexibility index (Phi) is 3.55. The summed E-state index contributed by atoms with van der Waals surface area (Å²) in [5, 5.41) is 2.88. The fourth-order valence-electron chi connectivity index (χ4n) is 2.94. The molecule has 0 aliphatic heterocycles. The Morgan fingerprint density at radius 3 is 2.95 bits per heavy atom. The second-order valence-electron chi connectivity index (χ2n) is 5.55. The van der Waals surface area contributed by atoms with Crippen molar-refractivity contribution < 1.29 is 9.21 Å². The van der Waals surface area contributed by atoms with Crippen LogP contribution in [0, 0.1) is 5.92 Å². The first-order chi connectivity index (χ1) is 10.1. The minimum absolute atomic E-state index is 0.0143. The van der Waals surface area contributed by atoms with Crippen LogP contribution in [0.25, 0.3) is 11.1 Å². The van der Waals surface area contributed by atoms with E-state index in [1.54, 1.807) is 22.8 Å². The molecule has 1 heterocycles. The summed E-state index contributed by atoms with van der Waals surface area (Å²) >= 11 is 0. The average Bonchev–Trinajstić information content (AvgIpc) is 3.01. The third-order valence-electron chi connectivity index (χ3n) is 4.10. The third-order valence-corrected chi connectivity index (χ3v) is 4.10. The summed E-state index contributed by atoms with van der Waals surface area (Å²) in [4.78, 5) is 23.8. The molecule has 1 aromatic heterocycles. The van der Waals surface area contributed by atoms with Crippen molar-refractivity contribution in [3.8, 4) is 0 Å². The molecule has 1 aromatic carbocycles. The summed E-state index contributed by atoms with van der Waals surface area (Å²) in [6, 6.07) is 5.39. The van der Waals surface area contributed by atoms with E-state index in [9.17, 15) is 9.59 Å². The third kappa shape index (κ3) is 2.58. The Labute approximate surface area is 121 Å². The predicted octanol–water partition coefficient (Wildman–Crippen LogP) is 1.68. The second-order valence-corrected chi connectivity index (χ2v) is 5.55. The molecule has 2 atom stereocenters. The molecule has 0 spiro atoms. The fraction of sp³-hybridized carbons (Fsp3) is 0.467. The summed E-state index contributed by atoms with van der Waals surface area (Å²) in [5.41, 5.74) is 7.70. The second kappa shape index (κ2) is 5.37. The van der Waals surface area contributed by atoms with Crippen molar-refractivity contribution >= 4 is 22.7 Å². The topological polar surface area (TPSA) is 90.3 Å². The molecule has 1 aliphatic carbocycles. The molecule has 6 nitrogen and oxygen atoms in total. The SMILES string of the molecule is CCn1c(=O)oc2cc(NC(=O)[C@@H]3CC[C@H](N)C3)ccc21. The zero-order chi connectivity index (χ0) is 15.0. The first-order valence-corrected chi connectivity index (χ1v) is 7.28. The van der Waals surface area contributed by atoms with Crippen molar-refractivity contribution in [3.63, 3.8) is 0 Å². The van der Waals surface area contributed by atoms with Crippen molar-refractivity contribution in [2.45, 2.75) is 38.8 Å². The number of fused-ring (bicyclic) bond motifs is 1. The minimum atomic E-state index is -0.377. The van der Waals surface area contributed by atoms with Gasteiger partial charge in [-0.3, -0.25) is 9.36 Å². The zero-order valence-corrected chi connectivity index (χ0v) is 12.0. The largest absolute Gasteiger partial charge is 0.419 e. The van der Waals surface area contributed by atoms with Crippen LogP contribution in [0.4, 0.5) is 5.69 Å². The van der Waals surface area contributed by atoms with E-state index in [1.807, 2.05) is 6.92 Å². The van der Waals surface area contributed by atoms with Crippen LogP contribution in [0.5, 0.6) is 0 Å². The predicted molar refractivity (Wildman–Crippen MR) is 80.1 cm³/mol. The molecule has 1 amide bonds. The smallest absolute Gasteiger partial charge is 0.408 e. The van der Waals surface area contributed by atoms with Gasteiger partial charge < -0.3 is 15.5 Å². The van der Waals surface area contributed by atoms with Crippen LogP contribution in [-0.4, -0.2) is 16.5 Å². The molecule has 6 heteroatoms. The number of carbonyl (C=O) groups excluding carboxylic acids is 1. The maximum absolute atomic E-state index is 12.2. The summed E-state index contributed by atoms with van der Waals surface area (Å²) < 4.78 is 6.74. The minimum Gasteiger partial charge on any atom is -0.408 e. The maximum Gasteiger partial charge on any atom is 0.419 e. The summed E-state index contributed by atoms with van der Waals surface area (Å²) in [5.74, 6) is -0.416. The lowest BCUT2D eigenvalue weighted by Gasteiger charge is -2.10. The van der Waals surface area contributed by atoms with E-state index in [-0.39, 0.29) is 23.6 Å². The Bertz CT molecular complexity index is 731. The van der Waals surface area contributed by atoms with Crippen molar-refractivity contribution in [1.82, 2.24) is 4.57 Å². The highest BCUT2D eigenvalue weighted by atomic mass is 16.4. The lowest BCUT2D eigenvalue weighted by molar-refractivity contribution is -0.119. The van der Waals surface area contributed by atoms with Gasteiger partial charge in [-0.2, -0.15) is 0 Å². The molecule has 0 radical (unpaired) electrons. The highest BCUT2D eigenvalue weighted by Crippen LogP contribution is 2.26. The number of amides is 1. The van der Waals surface area contributed by atoms with E-state index in [0.29, 0.717) is 17.8 Å². The Balaban J connectivity index is 1.82. The number of nitrogens with zero attached hydrogens (tertiary/aromatic N) is 1. The normalized spacial score (nSPS) is 21.8. The molecular weight excluding hydrogens is 270 g/mol. The first kappa shape index (κ1) is 13.9. The molecule has 112 valence electrons. The van der Waals surface area contributed by atoms with Gasteiger partial charge in [-0.1, -0.05) is 0 Å². The van der Waals surface area contributed by atoms with Gasteiger partial charge in [-0.15, -0.1) is 0 Å². The number of oxazole rings is 1. The maximum atomic E-state index is 12.2. The van der Waals surface area contributed by atoms with Gasteiger partial charge in [0.1, 0.15) is 0 Å². The summed E-state index contributed by atoms with van der Waals surface area (Å²) in [6.45, 7) is 2.44. The number of aromatic nitrogens is 1. The molecule has 1 fully saturated rings. The molecule has 2 aromatic rings. The number of nitrogens with one attached hydrogen (secondary N) is 1. The number of carbonyl (C=O) groups is 1. The molecule has 0 unspecified atom stereocenters. The van der Waals surface area contributed by atoms with Crippen LogP contribution in [0.3, 0.4) is 0 Å². The lowest BCUT2D eigenvalue weighted by Crippen LogP contribution is -2.23. The highest BCUT2D eigenvalue weighted by molar-refractivity contribution is 5.94. The van der Waals surface area contributed by atoms with E-state index in [4.69, 9.17) is 10.2 Å². The van der Waals surface area contributed by atoms with Crippen molar-refractivity contribution in [2.75, 3.05) is 5.32 Å². The Morgan fingerprint density at radius 2 is 2.29 bits per heavy atom. The molecule has 0 bridgehead atoms. The summed E-state index contributed by atoms with van der Waals surface area (Å²) in [6.07, 6.45) is 2.46. The van der Waals surface area contributed by atoms with Crippen LogP contribution in [0.1, 0.15) is 26.2 Å². The van der Waals surface area contributed by atoms with Gasteiger partial charge in [0.2, 0.25) is 5.91 Å². The molecule has 0 saturated heterocycles. The molecule has 21 heavy (non-hydrogen) atoms. The van der Waals surface area contributed by atoms with Crippen molar-refractivity contribution in [3.05, 3.63) is 28.7 Å². The highest BCUT2D eigenvalue weighted by Gasteiger charge is 2.27. The molecule has 1 aliphatic rings. The number of rotatable bonds is 3. The van der Waals surface area contributed by atoms with Gasteiger partial charge >= 0.3 is 5.76 Å². The number of nitrogens with two attached hydrogens (primary N) is 1. The number of aryl methyl sites for hydroxylation is 1. The zero-order valence-electron chi connectivity index (χ0n) is 12.0. The van der Waals surface area contributed by atoms with Gasteiger partial charge in [0.25, 0.3) is 0 Å². The van der Waals surface area contributed by atoms with E-state index in [1.165, 1.54) is 0 Å². The van der Waals surface area contributed by atoms with Gasteiger partial charge in [-0.05, 0) is 38.3 Å². The van der Waals surface area contributed by atoms with Crippen molar-refractivity contribution in [2.24, 2.45) is 11.7 Å². The van der Waals surface area contributed by atoms with E-state index < -0.39 is 0 Å². The molecule has 3 N–H and O–H groups in total. The number of hydrogen-bond acceptors (Lipinski definition) is 4. The van der Waals surface area contributed by atoms with Gasteiger partial charge in [0, 0.05) is 30.3 Å². The Hall–Kier alpha value is -2.08. The molecule has 1 saturated carbocycles. The van der Waals surface area contributed by atoms with E-state index in [2.05, 4.69) is 5.32 Å². The molecule has 3 rings (SSSR count). The van der Waals surface area contributed by atoms with Gasteiger partial charge in [-0.25, -0.2) is 4.79 Å². The van der Waals surface area contributed by atoms with E-state index in [0.717, 1.165) is 24.8 Å². The van der Waals surface area contributed by atoms with Crippen LogP contribution < -0.4 is 16.8 Å².